The zero-order valence-corrected chi connectivity index (χ0v) is 12.7. The molecule has 120 valence electrons. The van der Waals surface area contributed by atoms with Gasteiger partial charge in [-0.25, -0.2) is 0 Å². The van der Waals surface area contributed by atoms with Gasteiger partial charge in [0.1, 0.15) is 19.3 Å². The van der Waals surface area contributed by atoms with Crippen molar-refractivity contribution in [2.24, 2.45) is 11.8 Å². The van der Waals surface area contributed by atoms with Gasteiger partial charge in [0.2, 0.25) is 0 Å². The molecular formula is C15H24O6. The average Bonchev–Trinajstić information content (AvgIpc) is 2.51. The van der Waals surface area contributed by atoms with Gasteiger partial charge in [-0.15, -0.1) is 0 Å². The molecule has 1 aliphatic rings. The van der Waals surface area contributed by atoms with E-state index >= 15 is 0 Å². The number of carbonyl (C=O) groups is 3. The zero-order chi connectivity index (χ0) is 15.7. The van der Waals surface area contributed by atoms with E-state index in [1.165, 1.54) is 0 Å². The Kier molecular flexibility index (Phi) is 7.79. The molecule has 0 aliphatic heterocycles. The molecule has 0 aromatic rings. The lowest BCUT2D eigenvalue weighted by Gasteiger charge is -2.28. The van der Waals surface area contributed by atoms with Gasteiger partial charge in [0.25, 0.3) is 6.47 Å². The number of ether oxygens (including phenoxy) is 3. The van der Waals surface area contributed by atoms with Crippen LogP contribution in [0.1, 0.15) is 46.0 Å². The highest BCUT2D eigenvalue weighted by molar-refractivity contribution is 5.73. The fourth-order valence-electron chi connectivity index (χ4n) is 2.30. The van der Waals surface area contributed by atoms with E-state index in [9.17, 15) is 14.4 Å². The van der Waals surface area contributed by atoms with Crippen LogP contribution in [0, 0.1) is 11.8 Å². The van der Waals surface area contributed by atoms with Crippen LogP contribution in [0.25, 0.3) is 0 Å². The van der Waals surface area contributed by atoms with Crippen molar-refractivity contribution < 1.29 is 28.6 Å². The van der Waals surface area contributed by atoms with Crippen molar-refractivity contribution in [3.63, 3.8) is 0 Å². The van der Waals surface area contributed by atoms with E-state index in [2.05, 4.69) is 0 Å². The third kappa shape index (κ3) is 5.73. The third-order valence-electron chi connectivity index (χ3n) is 3.82. The highest BCUT2D eigenvalue weighted by atomic mass is 16.6. The van der Waals surface area contributed by atoms with E-state index < -0.39 is 12.0 Å². The molecule has 21 heavy (non-hydrogen) atoms. The topological polar surface area (TPSA) is 78.9 Å². The maximum atomic E-state index is 12.0. The molecule has 1 fully saturated rings. The van der Waals surface area contributed by atoms with E-state index in [0.29, 0.717) is 25.7 Å². The highest BCUT2D eigenvalue weighted by Gasteiger charge is 2.33. The van der Waals surface area contributed by atoms with Gasteiger partial charge in [-0.2, -0.15) is 0 Å². The summed E-state index contributed by atoms with van der Waals surface area (Å²) in [4.78, 5) is 33.8. The van der Waals surface area contributed by atoms with Crippen molar-refractivity contribution in [2.45, 2.75) is 52.1 Å². The van der Waals surface area contributed by atoms with Crippen LogP contribution >= 0.6 is 0 Å². The first-order chi connectivity index (χ1) is 10.1. The molecule has 0 spiro atoms. The lowest BCUT2D eigenvalue weighted by atomic mass is 9.86. The normalized spacial score (nSPS) is 23.0. The molecule has 0 bridgehead atoms. The number of carbonyl (C=O) groups excluding carboxylic acids is 3. The minimum absolute atomic E-state index is 0.0331. The molecule has 3 unspecified atom stereocenters. The molecule has 0 radical (unpaired) electrons. The summed E-state index contributed by atoms with van der Waals surface area (Å²) in [5.41, 5.74) is 0. The molecule has 1 aliphatic carbocycles. The van der Waals surface area contributed by atoms with Crippen molar-refractivity contribution >= 4 is 18.4 Å². The Hall–Kier alpha value is -1.59. The summed E-state index contributed by atoms with van der Waals surface area (Å²) >= 11 is 0. The summed E-state index contributed by atoms with van der Waals surface area (Å²) in [6.45, 7) is 4.16. The smallest absolute Gasteiger partial charge is 0.312 e. The SMILES string of the molecule is CCC(C)C(=O)OCCOC(=O)C1CCCCC1OC=O. The highest BCUT2D eigenvalue weighted by Crippen LogP contribution is 2.27. The quantitative estimate of drug-likeness (QED) is 0.294. The Bertz CT molecular complexity index is 354. The summed E-state index contributed by atoms with van der Waals surface area (Å²) in [6, 6.07) is 0. The van der Waals surface area contributed by atoms with Crippen LogP contribution in [0.2, 0.25) is 0 Å². The van der Waals surface area contributed by atoms with Gasteiger partial charge in [-0.3, -0.25) is 14.4 Å². The zero-order valence-electron chi connectivity index (χ0n) is 12.7. The molecule has 0 saturated heterocycles. The van der Waals surface area contributed by atoms with Gasteiger partial charge in [0.05, 0.1) is 11.8 Å². The van der Waals surface area contributed by atoms with Crippen molar-refractivity contribution in [1.29, 1.82) is 0 Å². The Labute approximate surface area is 125 Å². The molecule has 0 heterocycles. The lowest BCUT2D eigenvalue weighted by Crippen LogP contribution is -2.35. The second-order valence-electron chi connectivity index (χ2n) is 5.31. The molecule has 1 saturated carbocycles. The number of rotatable bonds is 8. The predicted molar refractivity (Wildman–Crippen MR) is 74.3 cm³/mol. The van der Waals surface area contributed by atoms with E-state index in [-0.39, 0.29) is 31.1 Å². The van der Waals surface area contributed by atoms with Crippen molar-refractivity contribution in [2.75, 3.05) is 13.2 Å². The molecule has 0 aromatic carbocycles. The molecule has 0 aromatic heterocycles. The van der Waals surface area contributed by atoms with Gasteiger partial charge in [0.15, 0.2) is 0 Å². The molecule has 6 heteroatoms. The van der Waals surface area contributed by atoms with Gasteiger partial charge in [-0.05, 0) is 25.7 Å². The molecule has 6 nitrogen and oxygen atoms in total. The van der Waals surface area contributed by atoms with E-state index in [1.54, 1.807) is 6.92 Å². The molecule has 3 atom stereocenters. The van der Waals surface area contributed by atoms with Gasteiger partial charge >= 0.3 is 11.9 Å². The minimum Gasteiger partial charge on any atom is -0.464 e. The summed E-state index contributed by atoms with van der Waals surface area (Å²) in [5.74, 6) is -1.23. The second kappa shape index (κ2) is 9.37. The largest absolute Gasteiger partial charge is 0.464 e. The van der Waals surface area contributed by atoms with Gasteiger partial charge in [-0.1, -0.05) is 20.3 Å². The van der Waals surface area contributed by atoms with E-state index in [4.69, 9.17) is 14.2 Å². The van der Waals surface area contributed by atoms with Crippen molar-refractivity contribution in [3.05, 3.63) is 0 Å². The molecule has 0 N–H and O–H groups in total. The van der Waals surface area contributed by atoms with Crippen LogP contribution in [0.3, 0.4) is 0 Å². The fraction of sp³-hybridized carbons (Fsp3) is 0.800. The third-order valence-corrected chi connectivity index (χ3v) is 3.82. The van der Waals surface area contributed by atoms with E-state index in [1.807, 2.05) is 6.92 Å². The number of esters is 2. The summed E-state index contributed by atoms with van der Waals surface area (Å²) in [5, 5.41) is 0. The van der Waals surface area contributed by atoms with Crippen LogP contribution in [0.15, 0.2) is 0 Å². The van der Waals surface area contributed by atoms with Crippen LogP contribution in [-0.4, -0.2) is 37.7 Å². The van der Waals surface area contributed by atoms with Crippen LogP contribution < -0.4 is 0 Å². The first-order valence-corrected chi connectivity index (χ1v) is 7.52. The monoisotopic (exact) mass is 300 g/mol. The average molecular weight is 300 g/mol. The van der Waals surface area contributed by atoms with Crippen molar-refractivity contribution in [1.82, 2.24) is 0 Å². The molecule has 1 rings (SSSR count). The maximum Gasteiger partial charge on any atom is 0.312 e. The first kappa shape index (κ1) is 17.5. The molecular weight excluding hydrogens is 276 g/mol. The maximum absolute atomic E-state index is 12.0. The van der Waals surface area contributed by atoms with Gasteiger partial charge in [0, 0.05) is 0 Å². The minimum atomic E-state index is -0.408. The predicted octanol–water partition coefficient (Wildman–Crippen LogP) is 1.85. The van der Waals surface area contributed by atoms with Gasteiger partial charge < -0.3 is 14.2 Å². The fourth-order valence-corrected chi connectivity index (χ4v) is 2.30. The van der Waals surface area contributed by atoms with Crippen LogP contribution in [0.4, 0.5) is 0 Å². The Morgan fingerprint density at radius 3 is 2.52 bits per heavy atom. The summed E-state index contributed by atoms with van der Waals surface area (Å²) in [6.07, 6.45) is 3.51. The second-order valence-corrected chi connectivity index (χ2v) is 5.31. The Balaban J connectivity index is 2.29. The Morgan fingerprint density at radius 1 is 1.19 bits per heavy atom. The van der Waals surface area contributed by atoms with Crippen LogP contribution in [0.5, 0.6) is 0 Å². The standard InChI is InChI=1S/C15H24O6/c1-3-11(2)14(17)19-8-9-20-15(18)12-6-4-5-7-13(12)21-10-16/h10-13H,3-9H2,1-2H3. The molecule has 0 amide bonds. The lowest BCUT2D eigenvalue weighted by molar-refractivity contribution is -0.163. The first-order valence-electron chi connectivity index (χ1n) is 7.52. The van der Waals surface area contributed by atoms with E-state index in [0.717, 1.165) is 12.8 Å². The summed E-state index contributed by atoms with van der Waals surface area (Å²) < 4.78 is 15.1. The summed E-state index contributed by atoms with van der Waals surface area (Å²) in [7, 11) is 0. The van der Waals surface area contributed by atoms with Crippen molar-refractivity contribution in [3.8, 4) is 0 Å². The van der Waals surface area contributed by atoms with Crippen LogP contribution in [-0.2, 0) is 28.6 Å². The number of hydrogen-bond donors (Lipinski definition) is 0. The Morgan fingerprint density at radius 2 is 1.86 bits per heavy atom. The number of hydrogen-bond acceptors (Lipinski definition) is 6.